The third-order valence-corrected chi connectivity index (χ3v) is 6.33. The highest BCUT2D eigenvalue weighted by Crippen LogP contribution is 2.44. The number of carbonyl (C=O) groups is 3. The summed E-state index contributed by atoms with van der Waals surface area (Å²) in [4.78, 5) is 49.2. The number of nitrogens with one attached hydrogen (secondary N) is 1. The first-order chi connectivity index (χ1) is 17.3. The minimum atomic E-state index is -1.26. The van der Waals surface area contributed by atoms with Crippen molar-refractivity contribution in [2.75, 3.05) is 6.61 Å². The van der Waals surface area contributed by atoms with Crippen molar-refractivity contribution in [1.82, 2.24) is 5.32 Å². The van der Waals surface area contributed by atoms with Crippen molar-refractivity contribution in [3.63, 3.8) is 0 Å². The number of nitro benzene ring substituents is 1. The maximum Gasteiger partial charge on any atom is 0.306 e. The molecule has 3 N–H and O–H groups in total. The Morgan fingerprint density at radius 1 is 0.972 bits per heavy atom. The minimum Gasteiger partial charge on any atom is -0.466 e. The lowest BCUT2D eigenvalue weighted by atomic mass is 9.86. The second-order valence-electron chi connectivity index (χ2n) is 8.46. The van der Waals surface area contributed by atoms with E-state index in [9.17, 15) is 24.5 Å². The SMILES string of the molecule is CCOC(=O)C[C@H](c1ccc([N+](=O)[O-])cc1)[C@@H](NC(=O)C1c2ccccc2-c2ccccc21)C(N)=O. The number of nitrogens with two attached hydrogens (primary N) is 1. The van der Waals surface area contributed by atoms with Crippen LogP contribution in [0.2, 0.25) is 0 Å². The number of benzene rings is 3. The van der Waals surface area contributed by atoms with Crippen molar-refractivity contribution in [2.24, 2.45) is 5.73 Å². The number of esters is 1. The number of carbonyl (C=O) groups excluding carboxylic acids is 3. The van der Waals surface area contributed by atoms with E-state index in [1.54, 1.807) is 6.92 Å². The molecule has 3 aromatic carbocycles. The summed E-state index contributed by atoms with van der Waals surface area (Å²) in [6.07, 6.45) is -0.253. The van der Waals surface area contributed by atoms with Crippen LogP contribution in [0, 0.1) is 10.1 Å². The summed E-state index contributed by atoms with van der Waals surface area (Å²) in [7, 11) is 0. The standard InChI is InChI=1S/C27H25N3O6/c1-2-36-23(31)15-22(16-11-13-17(14-12-16)30(34)35)25(26(28)32)29-27(33)24-20-9-5-3-7-18(20)19-8-4-6-10-21(19)24/h3-14,22,24-25H,2,15H2,1H3,(H2,28,32)(H,29,33)/t22-,25-/m1/s1. The van der Waals surface area contributed by atoms with Crippen LogP contribution in [-0.4, -0.2) is 35.4 Å². The van der Waals surface area contributed by atoms with Crippen molar-refractivity contribution < 1.29 is 24.0 Å². The number of ether oxygens (including phenoxy) is 1. The molecular formula is C27H25N3O6. The summed E-state index contributed by atoms with van der Waals surface area (Å²) >= 11 is 0. The van der Waals surface area contributed by atoms with Gasteiger partial charge in [0.2, 0.25) is 11.8 Å². The van der Waals surface area contributed by atoms with Gasteiger partial charge in [-0.2, -0.15) is 0 Å². The number of rotatable bonds is 9. The number of amides is 2. The Bertz CT molecular complexity index is 1280. The van der Waals surface area contributed by atoms with E-state index < -0.39 is 40.6 Å². The topological polar surface area (TPSA) is 142 Å². The molecule has 4 rings (SSSR count). The number of primary amides is 1. The molecule has 1 aliphatic rings. The van der Waals surface area contributed by atoms with Crippen LogP contribution in [0.15, 0.2) is 72.8 Å². The second kappa shape index (κ2) is 10.4. The number of nitrogens with zero attached hydrogens (tertiary/aromatic N) is 1. The molecule has 184 valence electrons. The highest BCUT2D eigenvalue weighted by Gasteiger charge is 2.38. The Morgan fingerprint density at radius 2 is 1.53 bits per heavy atom. The number of nitro groups is 1. The Hall–Kier alpha value is -4.53. The van der Waals surface area contributed by atoms with Crippen molar-refractivity contribution >= 4 is 23.5 Å². The van der Waals surface area contributed by atoms with Crippen LogP contribution in [0.25, 0.3) is 11.1 Å². The lowest BCUT2D eigenvalue weighted by Gasteiger charge is -2.27. The van der Waals surface area contributed by atoms with Gasteiger partial charge in [-0.05, 0) is 34.7 Å². The summed E-state index contributed by atoms with van der Waals surface area (Å²) < 4.78 is 5.07. The Morgan fingerprint density at radius 3 is 2.03 bits per heavy atom. The van der Waals surface area contributed by atoms with Crippen molar-refractivity contribution in [1.29, 1.82) is 0 Å². The molecule has 0 aliphatic heterocycles. The molecule has 36 heavy (non-hydrogen) atoms. The van der Waals surface area contributed by atoms with E-state index in [-0.39, 0.29) is 18.7 Å². The molecule has 0 saturated carbocycles. The predicted octanol–water partition coefficient (Wildman–Crippen LogP) is 3.41. The van der Waals surface area contributed by atoms with E-state index in [4.69, 9.17) is 10.5 Å². The van der Waals surface area contributed by atoms with E-state index in [2.05, 4.69) is 5.32 Å². The molecule has 0 spiro atoms. The Balaban J connectivity index is 1.69. The first-order valence-electron chi connectivity index (χ1n) is 11.5. The third kappa shape index (κ3) is 4.81. The van der Waals surface area contributed by atoms with Gasteiger partial charge in [-0.3, -0.25) is 24.5 Å². The largest absolute Gasteiger partial charge is 0.466 e. The first-order valence-corrected chi connectivity index (χ1v) is 11.5. The number of fused-ring (bicyclic) bond motifs is 3. The summed E-state index contributed by atoms with van der Waals surface area (Å²) in [5.74, 6) is -3.42. The van der Waals surface area contributed by atoms with Crippen molar-refractivity contribution in [2.45, 2.75) is 31.2 Å². The molecule has 9 heteroatoms. The maximum atomic E-state index is 13.7. The lowest BCUT2D eigenvalue weighted by molar-refractivity contribution is -0.384. The van der Waals surface area contributed by atoms with E-state index in [1.165, 1.54) is 24.3 Å². The maximum absolute atomic E-state index is 13.7. The average Bonchev–Trinajstić information content (AvgIpc) is 3.21. The van der Waals surface area contributed by atoms with Crippen LogP contribution in [0.3, 0.4) is 0 Å². The summed E-state index contributed by atoms with van der Waals surface area (Å²) in [5, 5.41) is 13.8. The van der Waals surface area contributed by atoms with Crippen LogP contribution >= 0.6 is 0 Å². The fourth-order valence-electron chi connectivity index (χ4n) is 4.72. The van der Waals surface area contributed by atoms with Gasteiger partial charge >= 0.3 is 5.97 Å². The number of hydrogen-bond donors (Lipinski definition) is 2. The van der Waals surface area contributed by atoms with Crippen molar-refractivity contribution in [3.8, 4) is 11.1 Å². The van der Waals surface area contributed by atoms with Crippen LogP contribution in [-0.2, 0) is 19.1 Å². The Kier molecular flexibility index (Phi) is 7.10. The molecule has 1 aliphatic carbocycles. The van der Waals surface area contributed by atoms with Crippen LogP contribution < -0.4 is 11.1 Å². The van der Waals surface area contributed by atoms with Gasteiger partial charge in [0.15, 0.2) is 0 Å². The van der Waals surface area contributed by atoms with Gasteiger partial charge in [0.05, 0.1) is 23.9 Å². The molecule has 2 atom stereocenters. The molecule has 0 saturated heterocycles. The zero-order chi connectivity index (χ0) is 25.8. The fraction of sp³-hybridized carbons (Fsp3) is 0.222. The molecule has 0 aromatic heterocycles. The van der Waals surface area contributed by atoms with E-state index in [1.807, 2.05) is 48.5 Å². The quantitative estimate of drug-likeness (QED) is 0.269. The van der Waals surface area contributed by atoms with Crippen LogP contribution in [0.4, 0.5) is 5.69 Å². The van der Waals surface area contributed by atoms with Gasteiger partial charge in [-0.25, -0.2) is 0 Å². The van der Waals surface area contributed by atoms with E-state index in [0.717, 1.165) is 22.3 Å². The fourth-order valence-corrected chi connectivity index (χ4v) is 4.72. The summed E-state index contributed by atoms with van der Waals surface area (Å²) in [5.41, 5.74) is 9.48. The van der Waals surface area contributed by atoms with Gasteiger partial charge < -0.3 is 15.8 Å². The number of hydrogen-bond acceptors (Lipinski definition) is 6. The molecular weight excluding hydrogens is 462 g/mol. The molecule has 0 radical (unpaired) electrons. The van der Waals surface area contributed by atoms with Crippen molar-refractivity contribution in [3.05, 3.63) is 99.6 Å². The molecule has 0 fully saturated rings. The normalized spacial score (nSPS) is 13.7. The minimum absolute atomic E-state index is 0.134. The molecule has 0 bridgehead atoms. The molecule has 2 amide bonds. The average molecular weight is 488 g/mol. The lowest BCUT2D eigenvalue weighted by Crippen LogP contribution is -2.50. The third-order valence-electron chi connectivity index (χ3n) is 6.33. The van der Waals surface area contributed by atoms with Gasteiger partial charge in [-0.15, -0.1) is 0 Å². The van der Waals surface area contributed by atoms with Gasteiger partial charge in [0, 0.05) is 18.1 Å². The predicted molar refractivity (Wildman–Crippen MR) is 132 cm³/mol. The smallest absolute Gasteiger partial charge is 0.306 e. The van der Waals surface area contributed by atoms with Crippen LogP contribution in [0.1, 0.15) is 41.9 Å². The van der Waals surface area contributed by atoms with Crippen LogP contribution in [0.5, 0.6) is 0 Å². The zero-order valence-corrected chi connectivity index (χ0v) is 19.5. The Labute approximate surface area is 207 Å². The van der Waals surface area contributed by atoms with E-state index in [0.29, 0.717) is 5.56 Å². The van der Waals surface area contributed by atoms with Gasteiger partial charge in [-0.1, -0.05) is 60.7 Å². The highest BCUT2D eigenvalue weighted by molar-refractivity contribution is 5.98. The molecule has 0 heterocycles. The highest BCUT2D eigenvalue weighted by atomic mass is 16.6. The summed E-state index contributed by atoms with van der Waals surface area (Å²) in [6.45, 7) is 1.79. The monoisotopic (exact) mass is 487 g/mol. The van der Waals surface area contributed by atoms with E-state index >= 15 is 0 Å². The number of non-ortho nitro benzene ring substituents is 1. The molecule has 9 nitrogen and oxygen atoms in total. The first kappa shape index (κ1) is 24.6. The summed E-state index contributed by atoms with van der Waals surface area (Å²) in [6, 6.07) is 19.3. The molecule has 3 aromatic rings. The zero-order valence-electron chi connectivity index (χ0n) is 19.5. The molecule has 0 unspecified atom stereocenters. The van der Waals surface area contributed by atoms with Gasteiger partial charge in [0.25, 0.3) is 5.69 Å². The second-order valence-corrected chi connectivity index (χ2v) is 8.46. The van der Waals surface area contributed by atoms with Gasteiger partial charge in [0.1, 0.15) is 6.04 Å².